The Bertz CT molecular complexity index is 363. The molecule has 1 N–H and O–H groups in total. The van der Waals surface area contributed by atoms with Gasteiger partial charge in [0.2, 0.25) is 0 Å². The van der Waals surface area contributed by atoms with Crippen molar-refractivity contribution in [3.8, 4) is 6.07 Å². The quantitative estimate of drug-likeness (QED) is 0.663. The third-order valence-corrected chi connectivity index (χ3v) is 1.81. The molecular weight excluding hydrogens is 164 g/mol. The molecule has 1 aromatic rings. The minimum atomic E-state index is -0.197. The predicted octanol–water partition coefficient (Wildman–Crippen LogP) is 0.324. The second kappa shape index (κ2) is 3.23. The van der Waals surface area contributed by atoms with Crippen LogP contribution in [0, 0.1) is 11.3 Å². The maximum atomic E-state index is 8.62. The molecule has 0 amide bonds. The summed E-state index contributed by atoms with van der Waals surface area (Å²) >= 11 is 0. The lowest BCUT2D eigenvalue weighted by Crippen LogP contribution is -2.29. The van der Waals surface area contributed by atoms with E-state index in [0.29, 0.717) is 12.4 Å². The maximum Gasteiger partial charge on any atom is 0.148 e. The second-order valence-corrected chi connectivity index (χ2v) is 2.73. The molecule has 4 nitrogen and oxygen atoms in total. The second-order valence-electron chi connectivity index (χ2n) is 2.73. The molecule has 0 bridgehead atoms. The average molecular weight is 172 g/mol. The van der Waals surface area contributed by atoms with Gasteiger partial charge in [0, 0.05) is 6.20 Å². The van der Waals surface area contributed by atoms with E-state index in [0.717, 1.165) is 5.69 Å². The van der Waals surface area contributed by atoms with Gasteiger partial charge in [0.1, 0.15) is 17.6 Å². The number of aromatic nitrogens is 1. The van der Waals surface area contributed by atoms with Crippen LogP contribution in [-0.2, 0) is 0 Å². The van der Waals surface area contributed by atoms with Gasteiger partial charge in [-0.25, -0.2) is 0 Å². The molecule has 1 aromatic heterocycles. The van der Waals surface area contributed by atoms with Gasteiger partial charge in [-0.1, -0.05) is 6.07 Å². The van der Waals surface area contributed by atoms with E-state index in [1.165, 1.54) is 0 Å². The molecule has 0 aliphatic carbocycles. The molecule has 2 heterocycles. The van der Waals surface area contributed by atoms with Gasteiger partial charge in [-0.3, -0.25) is 9.98 Å². The lowest BCUT2D eigenvalue weighted by Gasteiger charge is -2.02. The first-order chi connectivity index (χ1) is 6.40. The summed E-state index contributed by atoms with van der Waals surface area (Å²) in [5, 5.41) is 11.6. The molecule has 64 valence electrons. The molecule has 0 saturated carbocycles. The SMILES string of the molecule is N#CC1CN=C(c2ccccn2)N1. The van der Waals surface area contributed by atoms with Crippen molar-refractivity contribution in [2.24, 2.45) is 4.99 Å². The number of hydrogen-bond donors (Lipinski definition) is 1. The Hall–Kier alpha value is -1.89. The largest absolute Gasteiger partial charge is 0.352 e. The molecule has 2 rings (SSSR count). The first kappa shape index (κ1) is 7.74. The Balaban J connectivity index is 2.18. The summed E-state index contributed by atoms with van der Waals surface area (Å²) in [5.41, 5.74) is 0.792. The molecule has 13 heavy (non-hydrogen) atoms. The fraction of sp³-hybridized carbons (Fsp3) is 0.222. The molecule has 1 aliphatic rings. The summed E-state index contributed by atoms with van der Waals surface area (Å²) in [7, 11) is 0. The first-order valence-corrected chi connectivity index (χ1v) is 4.02. The molecule has 1 atom stereocenters. The lowest BCUT2D eigenvalue weighted by atomic mass is 10.3. The van der Waals surface area contributed by atoms with Crippen molar-refractivity contribution in [1.82, 2.24) is 10.3 Å². The van der Waals surface area contributed by atoms with Gasteiger partial charge in [0.25, 0.3) is 0 Å². The summed E-state index contributed by atoms with van der Waals surface area (Å²) in [6, 6.07) is 7.52. The molecular formula is C9H8N4. The topological polar surface area (TPSA) is 61.1 Å². The van der Waals surface area contributed by atoms with Gasteiger partial charge in [0.15, 0.2) is 0 Å². The highest BCUT2D eigenvalue weighted by Crippen LogP contribution is 2.02. The number of rotatable bonds is 1. The minimum absolute atomic E-state index is 0.197. The summed E-state index contributed by atoms with van der Waals surface area (Å²) in [6.45, 7) is 0.516. The number of hydrogen-bond acceptors (Lipinski definition) is 4. The molecule has 0 radical (unpaired) electrons. The number of nitriles is 1. The van der Waals surface area contributed by atoms with Crippen molar-refractivity contribution >= 4 is 5.84 Å². The van der Waals surface area contributed by atoms with Crippen molar-refractivity contribution in [3.63, 3.8) is 0 Å². The number of aliphatic imine (C=N–C) groups is 1. The van der Waals surface area contributed by atoms with Crippen LogP contribution >= 0.6 is 0 Å². The van der Waals surface area contributed by atoms with Crippen LogP contribution in [0.5, 0.6) is 0 Å². The molecule has 1 aliphatic heterocycles. The van der Waals surface area contributed by atoms with Crippen molar-refractivity contribution < 1.29 is 0 Å². The van der Waals surface area contributed by atoms with Crippen LogP contribution in [0.4, 0.5) is 0 Å². The highest BCUT2D eigenvalue weighted by Gasteiger charge is 2.17. The monoisotopic (exact) mass is 172 g/mol. The van der Waals surface area contributed by atoms with Gasteiger partial charge in [-0.15, -0.1) is 0 Å². The van der Waals surface area contributed by atoms with Gasteiger partial charge < -0.3 is 5.32 Å². The lowest BCUT2D eigenvalue weighted by molar-refractivity contribution is 0.810. The van der Waals surface area contributed by atoms with Crippen LogP contribution in [0.15, 0.2) is 29.4 Å². The van der Waals surface area contributed by atoms with Crippen LogP contribution < -0.4 is 5.32 Å². The van der Waals surface area contributed by atoms with Gasteiger partial charge in [0.05, 0.1) is 12.6 Å². The fourth-order valence-electron chi connectivity index (χ4n) is 1.17. The minimum Gasteiger partial charge on any atom is -0.352 e. The van der Waals surface area contributed by atoms with Crippen molar-refractivity contribution in [1.29, 1.82) is 5.26 Å². The molecule has 1 unspecified atom stereocenters. The highest BCUT2D eigenvalue weighted by molar-refractivity contribution is 5.98. The molecule has 0 fully saturated rings. The van der Waals surface area contributed by atoms with E-state index in [1.54, 1.807) is 6.20 Å². The van der Waals surface area contributed by atoms with Gasteiger partial charge in [-0.2, -0.15) is 5.26 Å². The number of amidine groups is 1. The maximum absolute atomic E-state index is 8.62. The summed E-state index contributed by atoms with van der Waals surface area (Å²) in [6.07, 6.45) is 1.71. The van der Waals surface area contributed by atoms with Crippen LogP contribution in [0.3, 0.4) is 0 Å². The van der Waals surface area contributed by atoms with E-state index in [-0.39, 0.29) is 6.04 Å². The van der Waals surface area contributed by atoms with Crippen LogP contribution in [0.1, 0.15) is 5.69 Å². The Morgan fingerprint density at radius 2 is 2.46 bits per heavy atom. The third-order valence-electron chi connectivity index (χ3n) is 1.81. The number of nitrogens with one attached hydrogen (secondary N) is 1. The Kier molecular flexibility index (Phi) is 1.93. The van der Waals surface area contributed by atoms with E-state index >= 15 is 0 Å². The molecule has 0 aromatic carbocycles. The van der Waals surface area contributed by atoms with Gasteiger partial charge >= 0.3 is 0 Å². The van der Waals surface area contributed by atoms with Crippen molar-refractivity contribution in [3.05, 3.63) is 30.1 Å². The van der Waals surface area contributed by atoms with E-state index < -0.39 is 0 Å². The van der Waals surface area contributed by atoms with Crippen LogP contribution in [-0.4, -0.2) is 23.4 Å². The first-order valence-electron chi connectivity index (χ1n) is 4.02. The zero-order valence-electron chi connectivity index (χ0n) is 6.94. The van der Waals surface area contributed by atoms with E-state index in [4.69, 9.17) is 5.26 Å². The van der Waals surface area contributed by atoms with Crippen molar-refractivity contribution in [2.45, 2.75) is 6.04 Å². The molecule has 0 saturated heterocycles. The number of pyridine rings is 1. The zero-order chi connectivity index (χ0) is 9.10. The predicted molar refractivity (Wildman–Crippen MR) is 48.2 cm³/mol. The number of nitrogens with zero attached hydrogens (tertiary/aromatic N) is 3. The van der Waals surface area contributed by atoms with E-state index in [9.17, 15) is 0 Å². The molecule has 4 heteroatoms. The third kappa shape index (κ3) is 1.49. The Morgan fingerprint density at radius 1 is 1.54 bits per heavy atom. The molecule has 0 spiro atoms. The summed E-state index contributed by atoms with van der Waals surface area (Å²) in [4.78, 5) is 8.31. The Labute approximate surface area is 75.9 Å². The highest BCUT2D eigenvalue weighted by atomic mass is 15.1. The summed E-state index contributed by atoms with van der Waals surface area (Å²) in [5.74, 6) is 0.715. The smallest absolute Gasteiger partial charge is 0.148 e. The Morgan fingerprint density at radius 3 is 3.08 bits per heavy atom. The van der Waals surface area contributed by atoms with Crippen LogP contribution in [0.25, 0.3) is 0 Å². The zero-order valence-corrected chi connectivity index (χ0v) is 6.94. The van der Waals surface area contributed by atoms with E-state index in [1.807, 2.05) is 18.2 Å². The van der Waals surface area contributed by atoms with Gasteiger partial charge in [-0.05, 0) is 12.1 Å². The normalized spacial score (nSPS) is 20.2. The standard InChI is InChI=1S/C9H8N4/c10-5-7-6-12-9(13-7)8-3-1-2-4-11-8/h1-4,7H,6H2,(H,12,13). The van der Waals surface area contributed by atoms with Crippen LogP contribution in [0.2, 0.25) is 0 Å². The van der Waals surface area contributed by atoms with E-state index in [2.05, 4.69) is 21.4 Å². The van der Waals surface area contributed by atoms with Crippen molar-refractivity contribution in [2.75, 3.05) is 6.54 Å². The average Bonchev–Trinajstić information content (AvgIpc) is 2.67. The summed E-state index contributed by atoms with van der Waals surface area (Å²) < 4.78 is 0. The fourth-order valence-corrected chi connectivity index (χ4v) is 1.17.